The van der Waals surface area contributed by atoms with E-state index in [0.717, 1.165) is 12.8 Å². The van der Waals surface area contributed by atoms with Crippen LogP contribution in [0.15, 0.2) is 12.3 Å². The summed E-state index contributed by atoms with van der Waals surface area (Å²) in [5.41, 5.74) is 6.43. The summed E-state index contributed by atoms with van der Waals surface area (Å²) in [5, 5.41) is 0. The monoisotopic (exact) mass is 280 g/mol. The third-order valence-electron chi connectivity index (χ3n) is 3.36. The normalized spacial score (nSPS) is 11.9. The molecule has 1 aromatic rings. The Kier molecular flexibility index (Phi) is 6.84. The number of anilines is 1. The van der Waals surface area contributed by atoms with Crippen LogP contribution < -0.4 is 10.5 Å². The lowest BCUT2D eigenvalue weighted by Crippen LogP contribution is -2.14. The number of hydrogen-bond donors (Lipinski definition) is 1. The maximum absolute atomic E-state index is 11.5. The number of esters is 1. The number of nitrogens with two attached hydrogens (primary N) is 1. The van der Waals surface area contributed by atoms with Crippen molar-refractivity contribution in [3.63, 3.8) is 0 Å². The van der Waals surface area contributed by atoms with Crippen LogP contribution in [0.4, 0.5) is 5.69 Å². The molecule has 0 aliphatic rings. The van der Waals surface area contributed by atoms with Gasteiger partial charge in [-0.15, -0.1) is 0 Å². The van der Waals surface area contributed by atoms with E-state index in [4.69, 9.17) is 10.5 Å². The number of methoxy groups -OCH3 is 1. The Hall–Kier alpha value is -1.78. The van der Waals surface area contributed by atoms with Crippen molar-refractivity contribution < 1.29 is 14.3 Å². The maximum Gasteiger partial charge on any atom is 0.340 e. The first-order valence-electron chi connectivity index (χ1n) is 7.09. The van der Waals surface area contributed by atoms with Crippen LogP contribution >= 0.6 is 0 Å². The minimum absolute atomic E-state index is 0.240. The number of aromatic nitrogens is 1. The second-order valence-electron chi connectivity index (χ2n) is 4.80. The molecule has 0 saturated heterocycles. The lowest BCUT2D eigenvalue weighted by atomic mass is 10.0. The van der Waals surface area contributed by atoms with E-state index < -0.39 is 5.97 Å². The highest BCUT2D eigenvalue weighted by Crippen LogP contribution is 2.24. The zero-order chi connectivity index (χ0) is 15.0. The highest BCUT2D eigenvalue weighted by molar-refractivity contribution is 5.95. The Bertz CT molecular complexity index is 435. The molecule has 1 rings (SSSR count). The molecule has 5 nitrogen and oxygen atoms in total. The lowest BCUT2D eigenvalue weighted by molar-refractivity contribution is 0.0601. The quantitative estimate of drug-likeness (QED) is 0.741. The zero-order valence-corrected chi connectivity index (χ0v) is 12.5. The van der Waals surface area contributed by atoms with E-state index in [1.807, 2.05) is 0 Å². The molecule has 0 aromatic carbocycles. The molecule has 5 heteroatoms. The molecule has 1 unspecified atom stereocenters. The highest BCUT2D eigenvalue weighted by Gasteiger charge is 2.16. The van der Waals surface area contributed by atoms with Crippen LogP contribution in [0.3, 0.4) is 0 Å². The van der Waals surface area contributed by atoms with Crippen molar-refractivity contribution in [1.29, 1.82) is 0 Å². The van der Waals surface area contributed by atoms with E-state index in [-0.39, 0.29) is 5.69 Å². The van der Waals surface area contributed by atoms with Crippen molar-refractivity contribution in [2.24, 2.45) is 5.92 Å². The van der Waals surface area contributed by atoms with Gasteiger partial charge in [0.25, 0.3) is 0 Å². The molecular weight excluding hydrogens is 256 g/mol. The number of nitrogens with zero attached hydrogens (tertiary/aromatic N) is 1. The van der Waals surface area contributed by atoms with Gasteiger partial charge in [0.1, 0.15) is 5.69 Å². The van der Waals surface area contributed by atoms with Crippen LogP contribution in [-0.4, -0.2) is 24.7 Å². The second-order valence-corrected chi connectivity index (χ2v) is 4.80. The van der Waals surface area contributed by atoms with Gasteiger partial charge in [-0.1, -0.05) is 33.1 Å². The second kappa shape index (κ2) is 8.40. The molecule has 0 fully saturated rings. The summed E-state index contributed by atoms with van der Waals surface area (Å²) in [6, 6.07) is 1.53. The third kappa shape index (κ3) is 4.40. The predicted octanol–water partition coefficient (Wildman–Crippen LogP) is 3.05. The number of ether oxygens (including phenoxy) is 2. The fraction of sp³-hybridized carbons (Fsp3) is 0.600. The molecule has 0 amide bonds. The van der Waals surface area contributed by atoms with Crippen molar-refractivity contribution in [2.75, 3.05) is 19.5 Å². The number of unbranched alkanes of at least 4 members (excludes halogenated alkanes) is 1. The number of carbonyl (C=O) groups is 1. The third-order valence-corrected chi connectivity index (χ3v) is 3.36. The summed E-state index contributed by atoms with van der Waals surface area (Å²) in [6.07, 6.45) is 6.05. The number of pyridine rings is 1. The van der Waals surface area contributed by atoms with E-state index in [0.29, 0.717) is 24.0 Å². The molecule has 0 spiro atoms. The topological polar surface area (TPSA) is 74.4 Å². The summed E-state index contributed by atoms with van der Waals surface area (Å²) in [7, 11) is 1.32. The number of hydrogen-bond acceptors (Lipinski definition) is 5. The average Bonchev–Trinajstić information content (AvgIpc) is 2.48. The molecule has 1 heterocycles. The van der Waals surface area contributed by atoms with Crippen molar-refractivity contribution in [3.8, 4) is 5.88 Å². The van der Waals surface area contributed by atoms with Crippen LogP contribution in [0.2, 0.25) is 0 Å². The molecule has 0 radical (unpaired) electrons. The zero-order valence-electron chi connectivity index (χ0n) is 12.5. The summed E-state index contributed by atoms with van der Waals surface area (Å²) in [4.78, 5) is 15.6. The molecule has 20 heavy (non-hydrogen) atoms. The van der Waals surface area contributed by atoms with Crippen LogP contribution in [0.1, 0.15) is 49.9 Å². The smallest absolute Gasteiger partial charge is 0.340 e. The molecule has 0 saturated carbocycles. The summed E-state index contributed by atoms with van der Waals surface area (Å²) in [5.74, 6) is 0.313. The molecule has 0 aliphatic carbocycles. The molecular formula is C15H24N2O3. The predicted molar refractivity (Wildman–Crippen MR) is 78.8 cm³/mol. The van der Waals surface area contributed by atoms with E-state index in [9.17, 15) is 4.79 Å². The molecule has 112 valence electrons. The van der Waals surface area contributed by atoms with Crippen LogP contribution in [0, 0.1) is 5.92 Å². The maximum atomic E-state index is 11.5. The van der Waals surface area contributed by atoms with Gasteiger partial charge in [-0.3, -0.25) is 0 Å². The van der Waals surface area contributed by atoms with Crippen LogP contribution in [0.25, 0.3) is 0 Å². The fourth-order valence-electron chi connectivity index (χ4n) is 1.95. The molecule has 0 bridgehead atoms. The van der Waals surface area contributed by atoms with Crippen LogP contribution in [0.5, 0.6) is 5.88 Å². The fourth-order valence-corrected chi connectivity index (χ4v) is 1.95. The van der Waals surface area contributed by atoms with E-state index in [1.165, 1.54) is 32.2 Å². The Labute approximate surface area is 120 Å². The average molecular weight is 280 g/mol. The van der Waals surface area contributed by atoms with Crippen LogP contribution in [-0.2, 0) is 4.74 Å². The van der Waals surface area contributed by atoms with E-state index in [2.05, 4.69) is 23.6 Å². The Morgan fingerprint density at radius 1 is 1.45 bits per heavy atom. The number of nitrogen functional groups attached to an aromatic ring is 1. The Morgan fingerprint density at radius 3 is 2.80 bits per heavy atom. The molecule has 0 aliphatic heterocycles. The van der Waals surface area contributed by atoms with E-state index in [1.54, 1.807) is 0 Å². The summed E-state index contributed by atoms with van der Waals surface area (Å²) >= 11 is 0. The largest absolute Gasteiger partial charge is 0.476 e. The number of rotatable bonds is 8. The lowest BCUT2D eigenvalue weighted by Gasteiger charge is -2.16. The molecule has 2 N–H and O–H groups in total. The van der Waals surface area contributed by atoms with Gasteiger partial charge in [0.15, 0.2) is 0 Å². The van der Waals surface area contributed by atoms with Gasteiger partial charge in [-0.25, -0.2) is 9.78 Å². The number of carbonyl (C=O) groups excluding carboxylic acids is 1. The van der Waals surface area contributed by atoms with Gasteiger partial charge in [0.2, 0.25) is 5.88 Å². The van der Waals surface area contributed by atoms with Crippen molar-refractivity contribution in [1.82, 2.24) is 4.98 Å². The summed E-state index contributed by atoms with van der Waals surface area (Å²) in [6.45, 7) is 4.89. The molecule has 1 atom stereocenters. The first kappa shape index (κ1) is 16.3. The van der Waals surface area contributed by atoms with Crippen molar-refractivity contribution in [2.45, 2.75) is 39.5 Å². The van der Waals surface area contributed by atoms with Gasteiger partial charge < -0.3 is 15.2 Å². The minimum atomic E-state index is -0.479. The highest BCUT2D eigenvalue weighted by atomic mass is 16.5. The molecule has 1 aromatic heterocycles. The first-order chi connectivity index (χ1) is 9.63. The van der Waals surface area contributed by atoms with Gasteiger partial charge in [-0.2, -0.15) is 0 Å². The minimum Gasteiger partial charge on any atom is -0.476 e. The van der Waals surface area contributed by atoms with Crippen molar-refractivity contribution >= 4 is 11.7 Å². The van der Waals surface area contributed by atoms with Crippen molar-refractivity contribution in [3.05, 3.63) is 17.8 Å². The summed E-state index contributed by atoms with van der Waals surface area (Å²) < 4.78 is 10.3. The van der Waals surface area contributed by atoms with E-state index >= 15 is 0 Å². The Morgan fingerprint density at radius 2 is 2.20 bits per heavy atom. The van der Waals surface area contributed by atoms with Gasteiger partial charge in [-0.05, 0) is 18.4 Å². The first-order valence-corrected chi connectivity index (χ1v) is 7.09. The SMILES string of the molecule is CCCCC(CC)COc1nccc(C(=O)OC)c1N. The van der Waals surface area contributed by atoms with Gasteiger partial charge in [0.05, 0.1) is 19.3 Å². The standard InChI is InChI=1S/C15H24N2O3/c1-4-6-7-11(5-2)10-20-14-13(16)12(8-9-17-14)15(18)19-3/h8-9,11H,4-7,10,16H2,1-3H3. The van der Waals surface area contributed by atoms with Gasteiger partial charge >= 0.3 is 5.97 Å². The van der Waals surface area contributed by atoms with Gasteiger partial charge in [0, 0.05) is 6.20 Å². The Balaban J connectivity index is 2.70.